The van der Waals surface area contributed by atoms with Crippen molar-refractivity contribution >= 4 is 0 Å². The fourth-order valence-electron chi connectivity index (χ4n) is 0.167. The van der Waals surface area contributed by atoms with Crippen molar-refractivity contribution < 1.29 is 0 Å². The maximum Gasteiger partial charge on any atom is 0.0213 e. The van der Waals surface area contributed by atoms with Gasteiger partial charge in [-0.1, -0.05) is 34.3 Å². The van der Waals surface area contributed by atoms with Crippen LogP contribution in [0.5, 0.6) is 0 Å². The van der Waals surface area contributed by atoms with Crippen LogP contribution in [-0.4, -0.2) is 0 Å². The molecular formula is C7H18N2. The first kappa shape index (κ1) is 11.3. The van der Waals surface area contributed by atoms with E-state index in [0.717, 1.165) is 5.70 Å². The lowest BCUT2D eigenvalue weighted by atomic mass is 10.2. The lowest BCUT2D eigenvalue weighted by molar-refractivity contribution is 0.676. The maximum atomic E-state index is 5.02. The van der Waals surface area contributed by atoms with Gasteiger partial charge in [0, 0.05) is 5.70 Å². The highest BCUT2D eigenvalue weighted by molar-refractivity contribution is 4.91. The van der Waals surface area contributed by atoms with E-state index in [0.29, 0.717) is 5.92 Å². The molecule has 0 aromatic carbocycles. The van der Waals surface area contributed by atoms with Gasteiger partial charge < -0.3 is 5.43 Å². The molecule has 0 saturated heterocycles. The Labute approximate surface area is 58.1 Å². The highest BCUT2D eigenvalue weighted by atomic mass is 15.2. The fourth-order valence-corrected chi connectivity index (χ4v) is 0.167. The molecular weight excluding hydrogens is 112 g/mol. The third kappa shape index (κ3) is 7.50. The van der Waals surface area contributed by atoms with Crippen LogP contribution in [-0.2, 0) is 0 Å². The Hall–Kier alpha value is -0.500. The molecule has 0 radical (unpaired) electrons. The fraction of sp³-hybridized carbons (Fsp3) is 0.714. The zero-order valence-corrected chi connectivity index (χ0v) is 6.86. The Morgan fingerprint density at radius 2 is 1.78 bits per heavy atom. The Bertz CT molecular complexity index is 67.3. The van der Waals surface area contributed by atoms with Gasteiger partial charge in [-0.25, -0.2) is 0 Å². The minimum Gasteiger partial charge on any atom is -0.329 e. The van der Waals surface area contributed by atoms with Crippen LogP contribution < -0.4 is 11.3 Å². The van der Waals surface area contributed by atoms with Crippen molar-refractivity contribution in [3.8, 4) is 0 Å². The summed E-state index contributed by atoms with van der Waals surface area (Å²) in [6, 6.07) is 0. The normalized spacial score (nSPS) is 7.78. The van der Waals surface area contributed by atoms with Gasteiger partial charge in [0.2, 0.25) is 0 Å². The third-order valence-corrected chi connectivity index (χ3v) is 0.882. The summed E-state index contributed by atoms with van der Waals surface area (Å²) in [6.45, 7) is 11.7. The molecule has 0 unspecified atom stereocenters. The van der Waals surface area contributed by atoms with Crippen LogP contribution in [0.1, 0.15) is 27.7 Å². The van der Waals surface area contributed by atoms with Crippen LogP contribution in [0.2, 0.25) is 0 Å². The first-order chi connectivity index (χ1) is 4.18. The zero-order chi connectivity index (χ0) is 7.86. The van der Waals surface area contributed by atoms with Crippen LogP contribution in [0, 0.1) is 5.92 Å². The number of nitrogens with two attached hydrogens (primary N) is 1. The van der Waals surface area contributed by atoms with E-state index in [4.69, 9.17) is 5.84 Å². The van der Waals surface area contributed by atoms with E-state index in [2.05, 4.69) is 12.0 Å². The molecule has 0 aromatic rings. The van der Waals surface area contributed by atoms with E-state index in [1.54, 1.807) is 0 Å². The van der Waals surface area contributed by atoms with E-state index < -0.39 is 0 Å². The van der Waals surface area contributed by atoms with Crippen molar-refractivity contribution in [2.45, 2.75) is 27.7 Å². The minimum absolute atomic E-state index is 0.435. The number of hydrogen-bond acceptors (Lipinski definition) is 2. The average molecular weight is 130 g/mol. The van der Waals surface area contributed by atoms with Crippen LogP contribution in [0.4, 0.5) is 0 Å². The summed E-state index contributed by atoms with van der Waals surface area (Å²) in [6.07, 6.45) is 0. The summed E-state index contributed by atoms with van der Waals surface area (Å²) < 4.78 is 0. The van der Waals surface area contributed by atoms with Crippen molar-refractivity contribution in [2.24, 2.45) is 11.8 Å². The predicted octanol–water partition coefficient (Wildman–Crippen LogP) is 1.65. The van der Waals surface area contributed by atoms with Crippen molar-refractivity contribution in [1.82, 2.24) is 5.43 Å². The summed E-state index contributed by atoms with van der Waals surface area (Å²) in [5, 5.41) is 0. The second kappa shape index (κ2) is 7.50. The SMILES string of the molecule is C=C(NN)C(C)C.CC. The second-order valence-electron chi connectivity index (χ2n) is 1.82. The number of hydrazine groups is 1. The van der Waals surface area contributed by atoms with E-state index in [-0.39, 0.29) is 0 Å². The maximum absolute atomic E-state index is 5.02. The summed E-state index contributed by atoms with van der Waals surface area (Å²) in [5.74, 6) is 5.46. The highest BCUT2D eigenvalue weighted by Gasteiger charge is 1.92. The van der Waals surface area contributed by atoms with Crippen LogP contribution in [0.3, 0.4) is 0 Å². The predicted molar refractivity (Wildman–Crippen MR) is 42.6 cm³/mol. The molecule has 0 aliphatic carbocycles. The number of nitrogens with one attached hydrogen (secondary N) is 1. The van der Waals surface area contributed by atoms with E-state index in [1.807, 2.05) is 27.7 Å². The molecule has 2 heteroatoms. The van der Waals surface area contributed by atoms with Gasteiger partial charge in [0.25, 0.3) is 0 Å². The van der Waals surface area contributed by atoms with Gasteiger partial charge in [0.05, 0.1) is 0 Å². The second-order valence-corrected chi connectivity index (χ2v) is 1.82. The largest absolute Gasteiger partial charge is 0.329 e. The molecule has 0 bridgehead atoms. The van der Waals surface area contributed by atoms with Crippen molar-refractivity contribution in [1.29, 1.82) is 0 Å². The standard InChI is InChI=1S/C5H12N2.C2H6/c1-4(2)5(3)7-6;1-2/h4,7H,3,6H2,1-2H3;1-2H3. The summed E-state index contributed by atoms with van der Waals surface area (Å²) >= 11 is 0. The first-order valence-corrected chi connectivity index (χ1v) is 3.34. The molecule has 2 nitrogen and oxygen atoms in total. The van der Waals surface area contributed by atoms with Gasteiger partial charge in [0.1, 0.15) is 0 Å². The smallest absolute Gasteiger partial charge is 0.0213 e. The quantitative estimate of drug-likeness (QED) is 0.440. The van der Waals surface area contributed by atoms with Gasteiger partial charge in [-0.05, 0) is 5.92 Å². The zero-order valence-electron chi connectivity index (χ0n) is 6.86. The number of rotatable bonds is 2. The number of allylic oxidation sites excluding steroid dienone is 1. The Morgan fingerprint density at radius 1 is 1.44 bits per heavy atom. The molecule has 0 heterocycles. The molecule has 0 aliphatic heterocycles. The average Bonchev–Trinajstić information content (AvgIpc) is 1.91. The number of hydrogen-bond donors (Lipinski definition) is 2. The topological polar surface area (TPSA) is 38.0 Å². The molecule has 0 aromatic heterocycles. The first-order valence-electron chi connectivity index (χ1n) is 3.34. The van der Waals surface area contributed by atoms with E-state index in [1.165, 1.54) is 0 Å². The molecule has 0 rings (SSSR count). The van der Waals surface area contributed by atoms with Gasteiger partial charge in [-0.2, -0.15) is 0 Å². The molecule has 0 saturated carbocycles. The Kier molecular flexibility index (Phi) is 9.43. The van der Waals surface area contributed by atoms with Gasteiger partial charge in [0.15, 0.2) is 0 Å². The third-order valence-electron chi connectivity index (χ3n) is 0.882. The summed E-state index contributed by atoms with van der Waals surface area (Å²) in [7, 11) is 0. The van der Waals surface area contributed by atoms with Gasteiger partial charge >= 0.3 is 0 Å². The van der Waals surface area contributed by atoms with Crippen molar-refractivity contribution in [2.75, 3.05) is 0 Å². The lowest BCUT2D eigenvalue weighted by Gasteiger charge is -2.05. The van der Waals surface area contributed by atoms with Crippen LogP contribution in [0.25, 0.3) is 0 Å². The molecule has 3 N–H and O–H groups in total. The van der Waals surface area contributed by atoms with Crippen molar-refractivity contribution in [3.05, 3.63) is 12.3 Å². The highest BCUT2D eigenvalue weighted by Crippen LogP contribution is 1.98. The van der Waals surface area contributed by atoms with Crippen molar-refractivity contribution in [3.63, 3.8) is 0 Å². The summed E-state index contributed by atoms with van der Waals surface area (Å²) in [5.41, 5.74) is 3.34. The van der Waals surface area contributed by atoms with Crippen LogP contribution >= 0.6 is 0 Å². The molecule has 0 spiro atoms. The Morgan fingerprint density at radius 3 is 1.78 bits per heavy atom. The van der Waals surface area contributed by atoms with E-state index in [9.17, 15) is 0 Å². The minimum atomic E-state index is 0.435. The van der Waals surface area contributed by atoms with Gasteiger partial charge in [-0.15, -0.1) is 0 Å². The lowest BCUT2D eigenvalue weighted by Crippen LogP contribution is -2.23. The molecule has 56 valence electrons. The van der Waals surface area contributed by atoms with Crippen LogP contribution in [0.15, 0.2) is 12.3 Å². The molecule has 9 heavy (non-hydrogen) atoms. The molecule has 0 fully saturated rings. The molecule has 0 aliphatic rings. The molecule has 0 atom stereocenters. The molecule has 0 amide bonds. The monoisotopic (exact) mass is 130 g/mol. The Balaban J connectivity index is 0. The summed E-state index contributed by atoms with van der Waals surface area (Å²) in [4.78, 5) is 0. The van der Waals surface area contributed by atoms with E-state index >= 15 is 0 Å². The van der Waals surface area contributed by atoms with Gasteiger partial charge in [-0.3, -0.25) is 5.84 Å².